The minimum atomic E-state index is -0.642. The molecule has 2 aromatic rings. The summed E-state index contributed by atoms with van der Waals surface area (Å²) in [6.45, 7) is 4.12. The number of hydrogen-bond donors (Lipinski definition) is 1. The topological polar surface area (TPSA) is 104 Å². The Morgan fingerprint density at radius 2 is 2.10 bits per heavy atom. The first-order valence-electron chi connectivity index (χ1n) is 6.56. The molecule has 110 valence electrons. The Hall–Kier alpha value is -2.70. The molecule has 21 heavy (non-hydrogen) atoms. The molecule has 0 aliphatic rings. The van der Waals surface area contributed by atoms with Gasteiger partial charge in [0.05, 0.1) is 4.92 Å². The number of para-hydroxylation sites is 1. The number of nitrogen functional groups attached to an aromatic ring is 1. The lowest BCUT2D eigenvalue weighted by Crippen LogP contribution is -2.04. The molecule has 2 rings (SSSR count). The highest BCUT2D eigenvalue weighted by molar-refractivity contribution is 5.59. The molecule has 0 aliphatic carbocycles. The molecule has 1 aromatic carbocycles. The van der Waals surface area contributed by atoms with Gasteiger partial charge in [-0.15, -0.1) is 0 Å². The smallest absolute Gasteiger partial charge is 0.372 e. The summed E-state index contributed by atoms with van der Waals surface area (Å²) in [6, 6.07) is 7.39. The molecule has 0 radical (unpaired) electrons. The Morgan fingerprint density at radius 3 is 2.76 bits per heavy atom. The van der Waals surface area contributed by atoms with Crippen molar-refractivity contribution in [2.45, 2.75) is 26.2 Å². The van der Waals surface area contributed by atoms with Crippen molar-refractivity contribution in [3.63, 3.8) is 0 Å². The molecular formula is C14H16N4O3. The van der Waals surface area contributed by atoms with E-state index in [1.165, 1.54) is 0 Å². The third-order valence-corrected chi connectivity index (χ3v) is 3.27. The summed E-state index contributed by atoms with van der Waals surface area (Å²) in [6.07, 6.45) is 2.07. The van der Waals surface area contributed by atoms with Crippen molar-refractivity contribution in [2.24, 2.45) is 0 Å². The quantitative estimate of drug-likeness (QED) is 0.668. The monoisotopic (exact) mass is 288 g/mol. The highest BCUT2D eigenvalue weighted by atomic mass is 16.6. The Labute approximate surface area is 121 Å². The van der Waals surface area contributed by atoms with Crippen molar-refractivity contribution >= 4 is 11.5 Å². The van der Waals surface area contributed by atoms with E-state index in [0.717, 1.165) is 18.3 Å². The molecule has 0 amide bonds. The van der Waals surface area contributed by atoms with Crippen molar-refractivity contribution in [2.75, 3.05) is 5.73 Å². The fourth-order valence-electron chi connectivity index (χ4n) is 1.93. The van der Waals surface area contributed by atoms with Crippen LogP contribution in [0.4, 0.5) is 11.5 Å². The largest absolute Gasteiger partial charge is 0.433 e. The first kappa shape index (κ1) is 14.7. The van der Waals surface area contributed by atoms with Gasteiger partial charge in [0.25, 0.3) is 0 Å². The molecular weight excluding hydrogens is 272 g/mol. The van der Waals surface area contributed by atoms with Crippen LogP contribution in [0, 0.1) is 10.1 Å². The average molecular weight is 288 g/mol. The van der Waals surface area contributed by atoms with Gasteiger partial charge in [-0.25, -0.2) is 4.98 Å². The normalized spacial score (nSPS) is 11.9. The van der Waals surface area contributed by atoms with Gasteiger partial charge in [-0.2, -0.15) is 4.98 Å². The number of nitrogens with two attached hydrogens (primary N) is 1. The molecule has 0 aliphatic heterocycles. The minimum Gasteiger partial charge on any atom is -0.433 e. The van der Waals surface area contributed by atoms with Crippen LogP contribution in [0.3, 0.4) is 0 Å². The van der Waals surface area contributed by atoms with Crippen molar-refractivity contribution in [1.29, 1.82) is 0 Å². The molecule has 0 spiro atoms. The number of nitrogens with zero attached hydrogens (tertiary/aromatic N) is 3. The number of anilines is 1. The summed E-state index contributed by atoms with van der Waals surface area (Å²) in [5.74, 6) is 0.432. The highest BCUT2D eigenvalue weighted by Crippen LogP contribution is 2.36. The van der Waals surface area contributed by atoms with Crippen LogP contribution in [0.2, 0.25) is 0 Å². The first-order chi connectivity index (χ1) is 10.0. The number of aromatic nitrogens is 2. The summed E-state index contributed by atoms with van der Waals surface area (Å²) in [7, 11) is 0. The van der Waals surface area contributed by atoms with Crippen LogP contribution < -0.4 is 10.5 Å². The van der Waals surface area contributed by atoms with E-state index in [1.807, 2.05) is 12.1 Å². The van der Waals surface area contributed by atoms with Crippen LogP contribution in [0.1, 0.15) is 31.7 Å². The van der Waals surface area contributed by atoms with E-state index >= 15 is 0 Å². The maximum absolute atomic E-state index is 11.1. The van der Waals surface area contributed by atoms with E-state index in [4.69, 9.17) is 10.5 Å². The molecule has 2 N–H and O–H groups in total. The number of ether oxygens (including phenoxy) is 1. The zero-order valence-electron chi connectivity index (χ0n) is 11.8. The summed E-state index contributed by atoms with van der Waals surface area (Å²) < 4.78 is 5.63. The Kier molecular flexibility index (Phi) is 4.32. The molecule has 0 saturated heterocycles. The summed E-state index contributed by atoms with van der Waals surface area (Å²) in [4.78, 5) is 17.9. The van der Waals surface area contributed by atoms with Gasteiger partial charge in [0.15, 0.2) is 0 Å². The van der Waals surface area contributed by atoms with Crippen LogP contribution in [-0.4, -0.2) is 14.9 Å². The molecule has 1 aromatic heterocycles. The predicted molar refractivity (Wildman–Crippen MR) is 78.3 cm³/mol. The number of rotatable bonds is 5. The fraction of sp³-hybridized carbons (Fsp3) is 0.286. The number of benzene rings is 1. The molecule has 0 saturated carbocycles. The zero-order valence-corrected chi connectivity index (χ0v) is 11.8. The summed E-state index contributed by atoms with van der Waals surface area (Å²) >= 11 is 0. The molecule has 0 bridgehead atoms. The highest BCUT2D eigenvalue weighted by Gasteiger charge is 2.24. The summed E-state index contributed by atoms with van der Waals surface area (Å²) in [5.41, 5.74) is 6.07. The molecule has 0 fully saturated rings. The van der Waals surface area contributed by atoms with E-state index in [9.17, 15) is 10.1 Å². The SMILES string of the molecule is CCC(C)c1ccccc1Oc1ncnc(N)c1[N+](=O)[O-]. The minimum absolute atomic E-state index is 0.150. The average Bonchev–Trinajstić information content (AvgIpc) is 2.46. The molecule has 1 unspecified atom stereocenters. The maximum atomic E-state index is 11.1. The molecule has 7 heteroatoms. The maximum Gasteiger partial charge on any atom is 0.372 e. The third-order valence-electron chi connectivity index (χ3n) is 3.27. The van der Waals surface area contributed by atoms with Gasteiger partial charge in [0, 0.05) is 0 Å². The number of nitro groups is 1. The summed E-state index contributed by atoms with van der Waals surface area (Å²) in [5, 5.41) is 11.1. The lowest BCUT2D eigenvalue weighted by Gasteiger charge is -2.14. The lowest BCUT2D eigenvalue weighted by molar-refractivity contribution is -0.385. The van der Waals surface area contributed by atoms with Crippen molar-refractivity contribution in [3.8, 4) is 11.6 Å². The van der Waals surface area contributed by atoms with E-state index in [0.29, 0.717) is 5.75 Å². The van der Waals surface area contributed by atoms with Crippen molar-refractivity contribution < 1.29 is 9.66 Å². The van der Waals surface area contributed by atoms with Gasteiger partial charge < -0.3 is 10.5 Å². The zero-order chi connectivity index (χ0) is 15.4. The predicted octanol–water partition coefficient (Wildman–Crippen LogP) is 3.27. The van der Waals surface area contributed by atoms with Crippen molar-refractivity contribution in [3.05, 3.63) is 46.3 Å². The second kappa shape index (κ2) is 6.17. The Bertz CT molecular complexity index is 660. The molecule has 1 atom stereocenters. The van der Waals surface area contributed by atoms with E-state index in [1.54, 1.807) is 12.1 Å². The van der Waals surface area contributed by atoms with Crippen LogP contribution >= 0.6 is 0 Å². The fourth-order valence-corrected chi connectivity index (χ4v) is 1.93. The second-order valence-corrected chi connectivity index (χ2v) is 4.62. The Morgan fingerprint density at radius 1 is 1.38 bits per heavy atom. The van der Waals surface area contributed by atoms with Gasteiger partial charge in [0.1, 0.15) is 12.1 Å². The van der Waals surface area contributed by atoms with E-state index in [-0.39, 0.29) is 17.6 Å². The lowest BCUT2D eigenvalue weighted by atomic mass is 9.98. The van der Waals surface area contributed by atoms with Crippen LogP contribution in [-0.2, 0) is 0 Å². The van der Waals surface area contributed by atoms with Crippen LogP contribution in [0.5, 0.6) is 11.6 Å². The van der Waals surface area contributed by atoms with Gasteiger partial charge in [0.2, 0.25) is 5.82 Å². The van der Waals surface area contributed by atoms with Crippen LogP contribution in [0.15, 0.2) is 30.6 Å². The van der Waals surface area contributed by atoms with E-state index < -0.39 is 10.6 Å². The standard InChI is InChI=1S/C14H16N4O3/c1-3-9(2)10-6-4-5-7-11(10)21-14-12(18(19)20)13(15)16-8-17-14/h4-9H,3H2,1-2H3,(H2,15,16,17). The van der Waals surface area contributed by atoms with Gasteiger partial charge in [-0.1, -0.05) is 32.0 Å². The van der Waals surface area contributed by atoms with Crippen molar-refractivity contribution in [1.82, 2.24) is 9.97 Å². The van der Waals surface area contributed by atoms with Crippen LogP contribution in [0.25, 0.3) is 0 Å². The Balaban J connectivity index is 2.44. The van der Waals surface area contributed by atoms with Gasteiger partial charge >= 0.3 is 11.6 Å². The van der Waals surface area contributed by atoms with Gasteiger partial charge in [-0.3, -0.25) is 10.1 Å². The van der Waals surface area contributed by atoms with E-state index in [2.05, 4.69) is 23.8 Å². The molecule has 7 nitrogen and oxygen atoms in total. The second-order valence-electron chi connectivity index (χ2n) is 4.62. The third kappa shape index (κ3) is 3.07. The first-order valence-corrected chi connectivity index (χ1v) is 6.56. The number of hydrogen-bond acceptors (Lipinski definition) is 6. The molecule has 1 heterocycles. The van der Waals surface area contributed by atoms with Gasteiger partial charge in [-0.05, 0) is 24.0 Å².